The van der Waals surface area contributed by atoms with E-state index in [1.54, 1.807) is 24.3 Å². The second-order valence-electron chi connectivity index (χ2n) is 7.21. The number of ether oxygens (including phenoxy) is 1. The van der Waals surface area contributed by atoms with Gasteiger partial charge in [-0.15, -0.1) is 10.2 Å². The van der Waals surface area contributed by atoms with Crippen LogP contribution in [0.4, 0.5) is 10.1 Å². The van der Waals surface area contributed by atoms with Crippen LogP contribution < -0.4 is 15.4 Å². The normalized spacial score (nSPS) is 10.7. The molecule has 0 unspecified atom stereocenters. The molecule has 0 bridgehead atoms. The topological polar surface area (TPSA) is 93.2 Å². The highest BCUT2D eigenvalue weighted by molar-refractivity contribution is 7.13. The minimum atomic E-state index is -0.403. The van der Waals surface area contributed by atoms with E-state index in [1.807, 2.05) is 0 Å². The number of benzene rings is 2. The van der Waals surface area contributed by atoms with Gasteiger partial charge in [0.15, 0.2) is 5.01 Å². The van der Waals surface area contributed by atoms with Crippen molar-refractivity contribution in [2.24, 2.45) is 5.92 Å². The molecule has 3 rings (SSSR count). The zero-order valence-corrected chi connectivity index (χ0v) is 18.0. The van der Waals surface area contributed by atoms with Crippen LogP contribution in [0.3, 0.4) is 0 Å². The van der Waals surface area contributed by atoms with Gasteiger partial charge in [-0.1, -0.05) is 25.2 Å². The van der Waals surface area contributed by atoms with Crippen molar-refractivity contribution in [2.45, 2.75) is 26.9 Å². The van der Waals surface area contributed by atoms with Gasteiger partial charge in [0.25, 0.3) is 11.8 Å². The number of nitrogens with one attached hydrogen (secondary N) is 2. The van der Waals surface area contributed by atoms with Crippen LogP contribution >= 0.6 is 11.3 Å². The maximum atomic E-state index is 12.9. The predicted molar refractivity (Wildman–Crippen MR) is 117 cm³/mol. The van der Waals surface area contributed by atoms with Crippen LogP contribution in [-0.2, 0) is 6.61 Å². The summed E-state index contributed by atoms with van der Waals surface area (Å²) in [6, 6.07) is 12.3. The summed E-state index contributed by atoms with van der Waals surface area (Å²) < 4.78 is 18.4. The zero-order valence-electron chi connectivity index (χ0n) is 17.2. The van der Waals surface area contributed by atoms with E-state index in [0.717, 1.165) is 17.8 Å². The minimum absolute atomic E-state index is 0.122. The molecule has 0 atom stereocenters. The van der Waals surface area contributed by atoms with Gasteiger partial charge in [-0.05, 0) is 60.9 Å². The van der Waals surface area contributed by atoms with Crippen molar-refractivity contribution < 1.29 is 18.7 Å². The maximum Gasteiger partial charge on any atom is 0.286 e. The van der Waals surface area contributed by atoms with Crippen LogP contribution in [0.5, 0.6) is 5.75 Å². The van der Waals surface area contributed by atoms with E-state index in [0.29, 0.717) is 34.5 Å². The van der Waals surface area contributed by atoms with E-state index in [4.69, 9.17) is 4.74 Å². The second kappa shape index (κ2) is 10.6. The fraction of sp³-hybridized carbons (Fsp3) is 0.273. The van der Waals surface area contributed by atoms with Crippen LogP contribution in [-0.4, -0.2) is 28.6 Å². The fourth-order valence-electron chi connectivity index (χ4n) is 2.55. The average Bonchev–Trinajstić information content (AvgIpc) is 3.23. The van der Waals surface area contributed by atoms with E-state index >= 15 is 0 Å². The van der Waals surface area contributed by atoms with E-state index in [1.165, 1.54) is 24.3 Å². The van der Waals surface area contributed by atoms with E-state index in [-0.39, 0.29) is 23.3 Å². The molecule has 2 aromatic carbocycles. The monoisotopic (exact) mass is 442 g/mol. The number of hydrogen-bond donors (Lipinski definition) is 2. The predicted octanol–water partition coefficient (Wildman–Crippen LogP) is 4.28. The molecule has 1 heterocycles. The van der Waals surface area contributed by atoms with Crippen LogP contribution in [0.1, 0.15) is 45.4 Å². The lowest BCUT2D eigenvalue weighted by atomic mass is 10.1. The van der Waals surface area contributed by atoms with Gasteiger partial charge < -0.3 is 15.4 Å². The van der Waals surface area contributed by atoms with Crippen LogP contribution in [0.15, 0.2) is 48.5 Å². The Morgan fingerprint density at radius 1 is 1.03 bits per heavy atom. The van der Waals surface area contributed by atoms with Gasteiger partial charge >= 0.3 is 0 Å². The molecule has 0 fully saturated rings. The number of halogens is 1. The first kappa shape index (κ1) is 22.4. The Balaban J connectivity index is 1.50. The van der Waals surface area contributed by atoms with Gasteiger partial charge in [-0.3, -0.25) is 9.59 Å². The van der Waals surface area contributed by atoms with Gasteiger partial charge in [0.1, 0.15) is 18.2 Å². The summed E-state index contributed by atoms with van der Waals surface area (Å²) in [6.45, 7) is 4.95. The Bertz CT molecular complexity index is 1020. The molecule has 0 aliphatic heterocycles. The molecule has 3 aromatic rings. The van der Waals surface area contributed by atoms with Gasteiger partial charge in [0.05, 0.1) is 0 Å². The molecule has 0 saturated heterocycles. The Morgan fingerprint density at radius 3 is 2.42 bits per heavy atom. The molecule has 0 radical (unpaired) electrons. The first-order valence-electron chi connectivity index (χ1n) is 9.81. The maximum absolute atomic E-state index is 12.9. The molecule has 7 nitrogen and oxygen atoms in total. The number of amides is 2. The van der Waals surface area contributed by atoms with Crippen molar-refractivity contribution in [3.63, 3.8) is 0 Å². The fourth-order valence-corrected chi connectivity index (χ4v) is 3.19. The first-order valence-corrected chi connectivity index (χ1v) is 10.6. The minimum Gasteiger partial charge on any atom is -0.486 e. The summed E-state index contributed by atoms with van der Waals surface area (Å²) >= 11 is 1.10. The third-order valence-corrected chi connectivity index (χ3v) is 5.14. The van der Waals surface area contributed by atoms with Crippen LogP contribution in [0.2, 0.25) is 0 Å². The number of nitrogens with zero attached hydrogens (tertiary/aromatic N) is 2. The highest BCUT2D eigenvalue weighted by Crippen LogP contribution is 2.17. The van der Waals surface area contributed by atoms with Crippen molar-refractivity contribution in [1.82, 2.24) is 15.5 Å². The molecule has 162 valence electrons. The van der Waals surface area contributed by atoms with Crippen molar-refractivity contribution in [2.75, 3.05) is 11.9 Å². The Hall–Kier alpha value is -3.33. The highest BCUT2D eigenvalue weighted by atomic mass is 32.1. The van der Waals surface area contributed by atoms with Gasteiger partial charge in [-0.25, -0.2) is 4.39 Å². The van der Waals surface area contributed by atoms with E-state index in [9.17, 15) is 14.0 Å². The highest BCUT2D eigenvalue weighted by Gasteiger charge is 2.14. The molecule has 0 aliphatic rings. The standard InChI is InChI=1S/C22H23FN4O3S/c1-14(2)11-12-24-20(28)15-3-7-17(8-4-15)25-21(29)22-27-26-19(31-22)13-30-18-9-5-16(23)6-10-18/h3-10,14H,11-13H2,1-2H3,(H,24,28)(H,25,29). The largest absolute Gasteiger partial charge is 0.486 e. The summed E-state index contributed by atoms with van der Waals surface area (Å²) in [4.78, 5) is 24.5. The molecule has 2 amide bonds. The summed E-state index contributed by atoms with van der Waals surface area (Å²) in [7, 11) is 0. The second-order valence-corrected chi connectivity index (χ2v) is 8.28. The molecular weight excluding hydrogens is 419 g/mol. The van der Waals surface area contributed by atoms with Crippen LogP contribution in [0.25, 0.3) is 0 Å². The molecule has 9 heteroatoms. The van der Waals surface area contributed by atoms with E-state index < -0.39 is 5.91 Å². The van der Waals surface area contributed by atoms with Gasteiger partial charge in [-0.2, -0.15) is 0 Å². The first-order chi connectivity index (χ1) is 14.9. The number of carbonyl (C=O) groups excluding carboxylic acids is 2. The summed E-state index contributed by atoms with van der Waals surface area (Å²) in [5.41, 5.74) is 1.07. The van der Waals surface area contributed by atoms with Crippen molar-refractivity contribution in [3.8, 4) is 5.75 Å². The Kier molecular flexibility index (Phi) is 7.66. The lowest BCUT2D eigenvalue weighted by Crippen LogP contribution is -2.25. The molecule has 2 N–H and O–H groups in total. The molecule has 0 spiro atoms. The molecule has 0 saturated carbocycles. The Morgan fingerprint density at radius 2 is 1.74 bits per heavy atom. The molecule has 0 aliphatic carbocycles. The van der Waals surface area contributed by atoms with Crippen molar-refractivity contribution in [3.05, 3.63) is 69.9 Å². The molecule has 1 aromatic heterocycles. The lowest BCUT2D eigenvalue weighted by Gasteiger charge is -2.08. The zero-order chi connectivity index (χ0) is 22.2. The smallest absolute Gasteiger partial charge is 0.286 e. The quantitative estimate of drug-likeness (QED) is 0.516. The van der Waals surface area contributed by atoms with Crippen molar-refractivity contribution in [1.29, 1.82) is 0 Å². The van der Waals surface area contributed by atoms with Gasteiger partial charge in [0.2, 0.25) is 5.01 Å². The summed E-state index contributed by atoms with van der Waals surface area (Å²) in [6.07, 6.45) is 0.915. The Labute approximate surface area is 183 Å². The average molecular weight is 443 g/mol. The number of anilines is 1. The molecular formula is C22H23FN4O3S. The number of aromatic nitrogens is 2. The van der Waals surface area contributed by atoms with Crippen LogP contribution in [0, 0.1) is 11.7 Å². The molecule has 31 heavy (non-hydrogen) atoms. The number of hydrogen-bond acceptors (Lipinski definition) is 6. The number of rotatable bonds is 9. The summed E-state index contributed by atoms with van der Waals surface area (Å²) in [5.74, 6) is 0.124. The summed E-state index contributed by atoms with van der Waals surface area (Å²) in [5, 5.41) is 14.1. The van der Waals surface area contributed by atoms with Gasteiger partial charge in [0, 0.05) is 17.8 Å². The number of carbonyl (C=O) groups is 2. The van der Waals surface area contributed by atoms with Crippen molar-refractivity contribution >= 4 is 28.8 Å². The van der Waals surface area contributed by atoms with E-state index in [2.05, 4.69) is 34.7 Å². The third-order valence-electron chi connectivity index (χ3n) is 4.25. The third kappa shape index (κ3) is 6.85. The SMILES string of the molecule is CC(C)CCNC(=O)c1ccc(NC(=O)c2nnc(COc3ccc(F)cc3)s2)cc1. The lowest BCUT2D eigenvalue weighted by molar-refractivity contribution is 0.0951.